The minimum atomic E-state index is -1.37. The number of rotatable bonds is 9. The largest absolute Gasteiger partial charge is 0.481 e. The van der Waals surface area contributed by atoms with Gasteiger partial charge in [0.15, 0.2) is 0 Å². The number of aliphatic carboxylic acids is 1. The topological polar surface area (TPSA) is 144 Å². The van der Waals surface area contributed by atoms with Crippen LogP contribution in [0.5, 0.6) is 0 Å². The van der Waals surface area contributed by atoms with E-state index in [1.165, 1.54) is 6.92 Å². The maximum Gasteiger partial charge on any atom is 0.314 e. The molecule has 0 spiro atoms. The van der Waals surface area contributed by atoms with E-state index in [9.17, 15) is 14.7 Å². The number of imidazole rings is 1. The normalized spacial score (nSPS) is 13.5. The highest BCUT2D eigenvalue weighted by atomic mass is 16.5. The summed E-state index contributed by atoms with van der Waals surface area (Å²) in [4.78, 5) is 41.5. The molecule has 0 aliphatic carbocycles. The molecular formula is C24H33N7O4. The summed E-state index contributed by atoms with van der Waals surface area (Å²) < 4.78 is 7.39. The van der Waals surface area contributed by atoms with Crippen molar-refractivity contribution in [2.24, 2.45) is 10.8 Å². The minimum Gasteiger partial charge on any atom is -0.481 e. The third kappa shape index (κ3) is 6.03. The molecule has 0 aliphatic rings. The van der Waals surface area contributed by atoms with Gasteiger partial charge in [0.2, 0.25) is 5.95 Å². The quantitative estimate of drug-likeness (QED) is 0.383. The Labute approximate surface area is 204 Å². The maximum atomic E-state index is 12.1. The van der Waals surface area contributed by atoms with Crippen molar-refractivity contribution < 1.29 is 19.4 Å². The van der Waals surface area contributed by atoms with Crippen LogP contribution in [0.25, 0.3) is 11.0 Å². The smallest absolute Gasteiger partial charge is 0.314 e. The molecule has 0 saturated heterocycles. The first-order valence-corrected chi connectivity index (χ1v) is 11.4. The third-order valence-corrected chi connectivity index (χ3v) is 5.47. The molecule has 35 heavy (non-hydrogen) atoms. The molecule has 0 saturated carbocycles. The summed E-state index contributed by atoms with van der Waals surface area (Å²) in [7, 11) is 0. The van der Waals surface area contributed by atoms with Crippen LogP contribution in [0.4, 0.5) is 17.6 Å². The average Bonchev–Trinajstić information content (AvgIpc) is 3.10. The van der Waals surface area contributed by atoms with Crippen molar-refractivity contribution in [3.05, 3.63) is 30.4 Å². The van der Waals surface area contributed by atoms with Crippen molar-refractivity contribution in [3.8, 4) is 0 Å². The lowest BCUT2D eigenvalue weighted by Gasteiger charge is -2.26. The highest BCUT2D eigenvalue weighted by Gasteiger charge is 2.36. The van der Waals surface area contributed by atoms with Crippen LogP contribution in [-0.2, 0) is 14.3 Å². The van der Waals surface area contributed by atoms with E-state index in [-0.39, 0.29) is 25.1 Å². The zero-order valence-electron chi connectivity index (χ0n) is 21.2. The number of carbonyl (C=O) groups is 2. The molecule has 3 heterocycles. The van der Waals surface area contributed by atoms with Crippen LogP contribution in [0.2, 0.25) is 0 Å². The average molecular weight is 484 g/mol. The summed E-state index contributed by atoms with van der Waals surface area (Å²) >= 11 is 0. The summed E-state index contributed by atoms with van der Waals surface area (Å²) in [6, 6.07) is 3.84. The number of ether oxygens (including phenoxy) is 1. The van der Waals surface area contributed by atoms with Crippen LogP contribution >= 0.6 is 0 Å². The number of aromatic nitrogens is 5. The number of fused-ring (bicyclic) bond motifs is 1. The summed E-state index contributed by atoms with van der Waals surface area (Å²) in [6.45, 7) is 12.5. The van der Waals surface area contributed by atoms with Gasteiger partial charge in [-0.1, -0.05) is 0 Å². The van der Waals surface area contributed by atoms with Gasteiger partial charge in [-0.2, -0.15) is 4.98 Å². The predicted octanol–water partition coefficient (Wildman–Crippen LogP) is 3.95. The van der Waals surface area contributed by atoms with Gasteiger partial charge in [0.05, 0.1) is 17.1 Å². The fourth-order valence-corrected chi connectivity index (χ4v) is 3.39. The van der Waals surface area contributed by atoms with Crippen LogP contribution in [0.1, 0.15) is 53.4 Å². The molecule has 0 fully saturated rings. The molecule has 11 heteroatoms. The number of carboxylic acid groups (broad SMARTS) is 1. The molecule has 0 aliphatic heterocycles. The van der Waals surface area contributed by atoms with Crippen molar-refractivity contribution in [1.82, 2.24) is 24.5 Å². The van der Waals surface area contributed by atoms with Crippen molar-refractivity contribution >= 4 is 40.6 Å². The summed E-state index contributed by atoms with van der Waals surface area (Å²) in [5.74, 6) is 0.652. The number of esters is 1. The van der Waals surface area contributed by atoms with Crippen LogP contribution in [0, 0.1) is 17.8 Å². The zero-order valence-corrected chi connectivity index (χ0v) is 21.2. The van der Waals surface area contributed by atoms with Gasteiger partial charge in [-0.05, 0) is 54.5 Å². The molecule has 3 rings (SSSR count). The number of hydrogen-bond donors (Lipinski definition) is 3. The van der Waals surface area contributed by atoms with Crippen molar-refractivity contribution in [1.29, 1.82) is 0 Å². The number of pyridine rings is 1. The van der Waals surface area contributed by atoms with E-state index in [0.29, 0.717) is 11.6 Å². The molecule has 11 nitrogen and oxygen atoms in total. The van der Waals surface area contributed by atoms with E-state index >= 15 is 0 Å². The Balaban J connectivity index is 1.72. The molecule has 3 aromatic rings. The van der Waals surface area contributed by atoms with E-state index < -0.39 is 22.8 Å². The Morgan fingerprint density at radius 3 is 2.49 bits per heavy atom. The fourth-order valence-electron chi connectivity index (χ4n) is 3.39. The molecule has 0 amide bonds. The van der Waals surface area contributed by atoms with Gasteiger partial charge in [0, 0.05) is 24.8 Å². The monoisotopic (exact) mass is 483 g/mol. The van der Waals surface area contributed by atoms with Gasteiger partial charge in [0.1, 0.15) is 35.0 Å². The number of hydrogen-bond acceptors (Lipinski definition) is 9. The Morgan fingerprint density at radius 1 is 1.14 bits per heavy atom. The molecule has 1 atom stereocenters. The Hall–Kier alpha value is -3.76. The second kappa shape index (κ2) is 9.85. The first-order chi connectivity index (χ1) is 16.3. The van der Waals surface area contributed by atoms with Crippen LogP contribution in [0.3, 0.4) is 0 Å². The van der Waals surface area contributed by atoms with Gasteiger partial charge in [-0.25, -0.2) is 15.0 Å². The number of nitrogens with one attached hydrogen (secondary N) is 2. The number of nitrogens with zero attached hydrogens (tertiary/aromatic N) is 5. The van der Waals surface area contributed by atoms with Crippen molar-refractivity contribution in [3.63, 3.8) is 0 Å². The number of carboxylic acids is 1. The first kappa shape index (κ1) is 25.9. The summed E-state index contributed by atoms with van der Waals surface area (Å²) in [5, 5.41) is 15.8. The van der Waals surface area contributed by atoms with E-state index in [4.69, 9.17) is 4.74 Å². The Morgan fingerprint density at radius 2 is 1.86 bits per heavy atom. The maximum absolute atomic E-state index is 12.1. The minimum absolute atomic E-state index is 0.0414. The molecule has 0 bridgehead atoms. The van der Waals surface area contributed by atoms with Gasteiger partial charge in [-0.15, -0.1) is 0 Å². The second-order valence-corrected chi connectivity index (χ2v) is 10.1. The lowest BCUT2D eigenvalue weighted by atomic mass is 9.91. The number of carbonyl (C=O) groups excluding carboxylic acids is 1. The van der Waals surface area contributed by atoms with E-state index in [0.717, 1.165) is 16.9 Å². The van der Waals surface area contributed by atoms with Crippen LogP contribution in [0.15, 0.2) is 24.5 Å². The zero-order chi connectivity index (χ0) is 26.0. The lowest BCUT2D eigenvalue weighted by molar-refractivity contribution is -0.162. The Kier molecular flexibility index (Phi) is 7.27. The van der Waals surface area contributed by atoms with Crippen molar-refractivity contribution in [2.75, 3.05) is 23.8 Å². The standard InChI is InChI=1S/C24H33N7O4/c1-14(2)31-15(3)28-16-11-26-19(10-17(16)31)29-18-8-9-25-22(30-18)27-12-24(7,20(32)33)13-35-21(34)23(4,5)6/h8-11,14H,12-13H2,1-7H3,(H,32,33)(H2,25,26,27,29,30). The molecule has 3 aromatic heterocycles. The summed E-state index contributed by atoms with van der Waals surface area (Å²) in [6.07, 6.45) is 3.26. The molecule has 1 unspecified atom stereocenters. The third-order valence-electron chi connectivity index (χ3n) is 5.47. The fraction of sp³-hybridized carbons (Fsp3) is 0.500. The van der Waals surface area contributed by atoms with Gasteiger partial charge >= 0.3 is 11.9 Å². The highest BCUT2D eigenvalue weighted by Crippen LogP contribution is 2.25. The van der Waals surface area contributed by atoms with Gasteiger partial charge < -0.3 is 25.0 Å². The van der Waals surface area contributed by atoms with Crippen LogP contribution in [-0.4, -0.2) is 54.7 Å². The number of anilines is 3. The lowest BCUT2D eigenvalue weighted by Crippen LogP contribution is -2.41. The van der Waals surface area contributed by atoms with Gasteiger partial charge in [0.25, 0.3) is 0 Å². The van der Waals surface area contributed by atoms with Gasteiger partial charge in [-0.3, -0.25) is 9.59 Å². The SMILES string of the molecule is Cc1nc2cnc(Nc3ccnc(NCC(C)(COC(=O)C(C)(C)C)C(=O)O)n3)cc2n1C(C)C. The molecule has 0 aromatic carbocycles. The predicted molar refractivity (Wildman–Crippen MR) is 133 cm³/mol. The molecule has 188 valence electrons. The summed E-state index contributed by atoms with van der Waals surface area (Å²) in [5.41, 5.74) is -0.317. The Bertz CT molecular complexity index is 1230. The van der Waals surface area contributed by atoms with E-state index in [2.05, 4.69) is 49.0 Å². The molecule has 0 radical (unpaired) electrons. The van der Waals surface area contributed by atoms with Crippen molar-refractivity contribution in [2.45, 2.75) is 54.5 Å². The molecular weight excluding hydrogens is 450 g/mol. The molecule has 3 N–H and O–H groups in total. The van der Waals surface area contributed by atoms with E-state index in [1.54, 1.807) is 39.2 Å². The van der Waals surface area contributed by atoms with E-state index in [1.807, 2.05) is 13.0 Å². The van der Waals surface area contributed by atoms with Crippen LogP contribution < -0.4 is 10.6 Å². The highest BCUT2D eigenvalue weighted by molar-refractivity contribution is 5.79. The second-order valence-electron chi connectivity index (χ2n) is 10.1. The first-order valence-electron chi connectivity index (χ1n) is 11.4. The number of aryl methyl sites for hydroxylation is 1.